The second-order valence-corrected chi connectivity index (χ2v) is 8.12. The minimum Gasteiger partial charge on any atom is -0.462 e. The van der Waals surface area contributed by atoms with Gasteiger partial charge >= 0.3 is 5.97 Å². The Bertz CT molecular complexity index is 1270. The number of esters is 1. The maximum absolute atomic E-state index is 12.8. The molecular weight excluding hydrogens is 476 g/mol. The van der Waals surface area contributed by atoms with Crippen molar-refractivity contribution in [1.29, 1.82) is 0 Å². The van der Waals surface area contributed by atoms with Gasteiger partial charge in [-0.05, 0) is 26.0 Å². The van der Waals surface area contributed by atoms with Crippen LogP contribution in [0.5, 0.6) is 0 Å². The average molecular weight is 503 g/mol. The molecule has 3 heterocycles. The third kappa shape index (κ3) is 4.93. The third-order valence-electron chi connectivity index (χ3n) is 5.64. The number of carbonyl (C=O) groups is 2. The van der Waals surface area contributed by atoms with Gasteiger partial charge in [-0.15, -0.1) is 0 Å². The van der Waals surface area contributed by atoms with Crippen LogP contribution in [-0.4, -0.2) is 64.3 Å². The van der Waals surface area contributed by atoms with Crippen LogP contribution in [0.4, 0.5) is 17.3 Å². The molecule has 4 rings (SSSR count). The molecular formula is C22H27ClN8O4. The number of nitrogens with zero attached hydrogens (tertiary/aromatic N) is 5. The topological polar surface area (TPSA) is 164 Å². The number of nitrogens with two attached hydrogens (primary N) is 2. The fourth-order valence-corrected chi connectivity index (χ4v) is 4.11. The lowest BCUT2D eigenvalue weighted by atomic mass is 10.1. The van der Waals surface area contributed by atoms with Crippen molar-refractivity contribution < 1.29 is 19.1 Å². The number of benzene rings is 1. The molecule has 186 valence electrons. The van der Waals surface area contributed by atoms with Crippen molar-refractivity contribution in [2.24, 2.45) is 0 Å². The van der Waals surface area contributed by atoms with Crippen molar-refractivity contribution >= 4 is 51.8 Å². The molecule has 5 N–H and O–H groups in total. The van der Waals surface area contributed by atoms with Crippen LogP contribution in [0, 0.1) is 0 Å². The summed E-state index contributed by atoms with van der Waals surface area (Å²) in [6.07, 6.45) is 0. The summed E-state index contributed by atoms with van der Waals surface area (Å²) in [5, 5.41) is 2.65. The van der Waals surface area contributed by atoms with E-state index in [-0.39, 0.29) is 35.6 Å². The van der Waals surface area contributed by atoms with E-state index < -0.39 is 11.9 Å². The van der Waals surface area contributed by atoms with Crippen LogP contribution >= 0.6 is 11.6 Å². The van der Waals surface area contributed by atoms with Crippen molar-refractivity contribution in [3.63, 3.8) is 0 Å². The van der Waals surface area contributed by atoms with E-state index in [0.717, 1.165) is 11.2 Å². The highest BCUT2D eigenvalue weighted by Gasteiger charge is 2.24. The van der Waals surface area contributed by atoms with Gasteiger partial charge in [-0.3, -0.25) is 4.79 Å². The molecule has 0 unspecified atom stereocenters. The molecule has 0 saturated carbocycles. The molecule has 0 bridgehead atoms. The maximum Gasteiger partial charge on any atom is 0.340 e. The number of rotatable bonds is 7. The zero-order chi connectivity index (χ0) is 25.1. The lowest BCUT2D eigenvalue weighted by Crippen LogP contribution is -2.37. The standard InChI is InChI=1S/C22H27ClN8O4/c1-3-31-15-10-14(30-5-7-34-8-6-30)12(22(33)35-4-2)9-13(15)27-16(31)11-26-21(32)17-19(24)29-20(25)18(23)28-17/h9-10H,3-8,11H2,1-2H3,(H,26,32)(H4,24,25,29). The first-order chi connectivity index (χ1) is 16.8. The van der Waals surface area contributed by atoms with E-state index in [1.807, 2.05) is 17.6 Å². The number of hydrogen-bond acceptors (Lipinski definition) is 10. The van der Waals surface area contributed by atoms with Crippen LogP contribution in [0.1, 0.15) is 40.5 Å². The number of hydrogen-bond donors (Lipinski definition) is 3. The Labute approximate surface area is 206 Å². The number of aryl methyl sites for hydroxylation is 1. The molecule has 1 aliphatic heterocycles. The number of amides is 1. The molecule has 0 radical (unpaired) electrons. The van der Waals surface area contributed by atoms with E-state index in [4.69, 9.17) is 32.5 Å². The summed E-state index contributed by atoms with van der Waals surface area (Å²) in [5.41, 5.74) is 13.9. The largest absolute Gasteiger partial charge is 0.462 e. The molecule has 0 spiro atoms. The Balaban J connectivity index is 1.68. The minimum atomic E-state index is -0.562. The molecule has 0 aliphatic carbocycles. The molecule has 12 nitrogen and oxygen atoms in total. The molecule has 1 amide bonds. The summed E-state index contributed by atoms with van der Waals surface area (Å²) in [6, 6.07) is 3.68. The van der Waals surface area contributed by atoms with Crippen molar-refractivity contribution in [3.05, 3.63) is 34.4 Å². The summed E-state index contributed by atoms with van der Waals surface area (Å²) < 4.78 is 12.7. The van der Waals surface area contributed by atoms with Crippen LogP contribution in [0.25, 0.3) is 11.0 Å². The predicted molar refractivity (Wildman–Crippen MR) is 131 cm³/mol. The van der Waals surface area contributed by atoms with Gasteiger partial charge in [0.15, 0.2) is 22.5 Å². The Morgan fingerprint density at radius 2 is 1.89 bits per heavy atom. The van der Waals surface area contributed by atoms with Crippen LogP contribution in [0.3, 0.4) is 0 Å². The van der Waals surface area contributed by atoms with E-state index >= 15 is 0 Å². The number of halogens is 1. The van der Waals surface area contributed by atoms with Crippen molar-refractivity contribution in [2.45, 2.75) is 26.9 Å². The van der Waals surface area contributed by atoms with Gasteiger partial charge in [-0.1, -0.05) is 11.6 Å². The number of anilines is 3. The van der Waals surface area contributed by atoms with Crippen molar-refractivity contribution in [2.75, 3.05) is 49.3 Å². The molecule has 1 fully saturated rings. The molecule has 2 aromatic heterocycles. The van der Waals surface area contributed by atoms with Crippen molar-refractivity contribution in [1.82, 2.24) is 24.8 Å². The zero-order valence-corrected chi connectivity index (χ0v) is 20.3. The Hall–Kier alpha value is -3.64. The highest BCUT2D eigenvalue weighted by molar-refractivity contribution is 6.31. The average Bonchev–Trinajstić information content (AvgIpc) is 3.21. The van der Waals surface area contributed by atoms with Gasteiger partial charge in [0.2, 0.25) is 0 Å². The molecule has 1 aromatic carbocycles. The summed E-state index contributed by atoms with van der Waals surface area (Å²) >= 11 is 5.89. The number of carbonyl (C=O) groups excluding carboxylic acids is 2. The maximum atomic E-state index is 12.8. The van der Waals surface area contributed by atoms with Crippen molar-refractivity contribution in [3.8, 4) is 0 Å². The van der Waals surface area contributed by atoms with E-state index in [1.54, 1.807) is 13.0 Å². The number of morpholine rings is 1. The first-order valence-electron chi connectivity index (χ1n) is 11.2. The quantitative estimate of drug-likeness (QED) is 0.404. The number of imidazole rings is 1. The van der Waals surface area contributed by atoms with Gasteiger partial charge in [0.1, 0.15) is 5.82 Å². The monoisotopic (exact) mass is 502 g/mol. The number of aromatic nitrogens is 4. The smallest absolute Gasteiger partial charge is 0.340 e. The second-order valence-electron chi connectivity index (χ2n) is 7.77. The van der Waals surface area contributed by atoms with Crippen LogP contribution in [-0.2, 0) is 22.6 Å². The van der Waals surface area contributed by atoms with E-state index in [0.29, 0.717) is 49.8 Å². The fourth-order valence-electron chi connectivity index (χ4n) is 3.99. The number of fused-ring (bicyclic) bond motifs is 1. The fraction of sp³-hybridized carbons (Fsp3) is 0.409. The van der Waals surface area contributed by atoms with Gasteiger partial charge in [0.25, 0.3) is 5.91 Å². The van der Waals surface area contributed by atoms with Crippen LogP contribution in [0.15, 0.2) is 12.1 Å². The van der Waals surface area contributed by atoms with Gasteiger partial charge in [-0.25, -0.2) is 19.7 Å². The summed E-state index contributed by atoms with van der Waals surface area (Å²) in [7, 11) is 0. The van der Waals surface area contributed by atoms with E-state index in [9.17, 15) is 9.59 Å². The second kappa shape index (κ2) is 10.3. The molecule has 1 saturated heterocycles. The summed E-state index contributed by atoms with van der Waals surface area (Å²) in [6.45, 7) is 7.16. The lowest BCUT2D eigenvalue weighted by Gasteiger charge is -2.30. The Kier molecular flexibility index (Phi) is 7.22. The predicted octanol–water partition coefficient (Wildman–Crippen LogP) is 1.61. The lowest BCUT2D eigenvalue weighted by molar-refractivity contribution is 0.0526. The number of nitrogens with one attached hydrogen (secondary N) is 1. The van der Waals surface area contributed by atoms with Gasteiger partial charge < -0.3 is 35.7 Å². The van der Waals surface area contributed by atoms with Gasteiger partial charge in [-0.2, -0.15) is 0 Å². The molecule has 1 aliphatic rings. The minimum absolute atomic E-state index is 0.0537. The number of ether oxygens (including phenoxy) is 2. The molecule has 35 heavy (non-hydrogen) atoms. The highest BCUT2D eigenvalue weighted by atomic mass is 35.5. The molecule has 0 atom stereocenters. The Morgan fingerprint density at radius 1 is 1.14 bits per heavy atom. The Morgan fingerprint density at radius 3 is 2.57 bits per heavy atom. The summed E-state index contributed by atoms with van der Waals surface area (Å²) in [4.78, 5) is 40.0. The van der Waals surface area contributed by atoms with E-state index in [1.165, 1.54) is 0 Å². The molecule has 13 heteroatoms. The highest BCUT2D eigenvalue weighted by Crippen LogP contribution is 2.29. The van der Waals surface area contributed by atoms with Gasteiger partial charge in [0.05, 0.1) is 48.6 Å². The zero-order valence-electron chi connectivity index (χ0n) is 19.5. The number of nitrogen functional groups attached to an aromatic ring is 2. The third-order valence-corrected chi connectivity index (χ3v) is 5.91. The van der Waals surface area contributed by atoms with E-state index in [2.05, 4.69) is 25.2 Å². The van der Waals surface area contributed by atoms with Gasteiger partial charge in [0, 0.05) is 19.6 Å². The summed E-state index contributed by atoms with van der Waals surface area (Å²) in [5.74, 6) is -0.554. The normalized spacial score (nSPS) is 13.7. The first-order valence-corrected chi connectivity index (χ1v) is 11.6. The SMILES string of the molecule is CCOC(=O)c1cc2nc(CNC(=O)c3nc(Cl)c(N)nc3N)n(CC)c2cc1N1CCOCC1. The first kappa shape index (κ1) is 24.5. The van der Waals surface area contributed by atoms with Crippen LogP contribution < -0.4 is 21.7 Å². The van der Waals surface area contributed by atoms with Crippen LogP contribution in [0.2, 0.25) is 5.15 Å². The molecule has 3 aromatic rings.